The Morgan fingerprint density at radius 1 is 1.00 bits per heavy atom. The zero-order valence-corrected chi connectivity index (χ0v) is 18.3. The predicted molar refractivity (Wildman–Crippen MR) is 120 cm³/mol. The van der Waals surface area contributed by atoms with Crippen LogP contribution in [0.1, 0.15) is 23.6 Å². The molecule has 32 heavy (non-hydrogen) atoms. The van der Waals surface area contributed by atoms with E-state index in [2.05, 4.69) is 4.90 Å². The number of carbonyl (C=O) groups is 2. The van der Waals surface area contributed by atoms with Crippen LogP contribution in [0.15, 0.2) is 54.1 Å². The lowest BCUT2D eigenvalue weighted by atomic mass is 9.95. The minimum Gasteiger partial charge on any atom is -0.508 e. The van der Waals surface area contributed by atoms with Crippen LogP contribution in [0.3, 0.4) is 0 Å². The molecule has 2 fully saturated rings. The van der Waals surface area contributed by atoms with Crippen molar-refractivity contribution in [2.75, 3.05) is 39.4 Å². The molecule has 0 radical (unpaired) electrons. The number of ether oxygens (including phenoxy) is 1. The molecule has 4 rings (SSSR count). The molecule has 2 aromatic rings. The van der Waals surface area contributed by atoms with Gasteiger partial charge < -0.3 is 19.8 Å². The number of phenolic OH excluding ortho intramolecular Hbond substituents is 1. The molecular formula is C24H25ClN2O5. The third-order valence-electron chi connectivity index (χ3n) is 5.84. The summed E-state index contributed by atoms with van der Waals surface area (Å²) < 4.78 is 5.37. The maximum Gasteiger partial charge on any atom is 0.295 e. The van der Waals surface area contributed by atoms with Crippen LogP contribution in [0.4, 0.5) is 0 Å². The number of benzene rings is 2. The molecule has 2 N–H and O–H groups in total. The first-order valence-electron chi connectivity index (χ1n) is 10.6. The molecule has 2 aliphatic rings. The largest absolute Gasteiger partial charge is 0.508 e. The number of hydrogen-bond acceptors (Lipinski definition) is 6. The van der Waals surface area contributed by atoms with Gasteiger partial charge in [-0.15, -0.1) is 0 Å². The number of aliphatic hydroxyl groups excluding tert-OH is 1. The summed E-state index contributed by atoms with van der Waals surface area (Å²) >= 11 is 5.95. The van der Waals surface area contributed by atoms with E-state index < -0.39 is 17.7 Å². The Labute approximate surface area is 191 Å². The molecule has 8 heteroatoms. The Morgan fingerprint density at radius 2 is 1.66 bits per heavy atom. The lowest BCUT2D eigenvalue weighted by molar-refractivity contribution is -0.140. The molecule has 0 aromatic heterocycles. The van der Waals surface area contributed by atoms with Crippen molar-refractivity contribution in [3.8, 4) is 5.75 Å². The molecule has 0 bridgehead atoms. The highest BCUT2D eigenvalue weighted by Crippen LogP contribution is 2.40. The molecule has 2 aromatic carbocycles. The van der Waals surface area contributed by atoms with E-state index in [-0.39, 0.29) is 17.1 Å². The molecule has 168 valence electrons. The topological polar surface area (TPSA) is 90.3 Å². The molecule has 1 amide bonds. The number of halogens is 1. The number of aromatic hydroxyl groups is 1. The number of amides is 1. The van der Waals surface area contributed by atoms with Crippen LogP contribution in [-0.2, 0) is 14.3 Å². The fourth-order valence-corrected chi connectivity index (χ4v) is 4.29. The Balaban J connectivity index is 1.66. The van der Waals surface area contributed by atoms with Crippen molar-refractivity contribution in [2.45, 2.75) is 12.5 Å². The fourth-order valence-electron chi connectivity index (χ4n) is 4.17. The van der Waals surface area contributed by atoms with E-state index in [0.29, 0.717) is 42.3 Å². The summed E-state index contributed by atoms with van der Waals surface area (Å²) in [5, 5.41) is 21.2. The second-order valence-electron chi connectivity index (χ2n) is 7.90. The minimum atomic E-state index is -0.740. The molecule has 7 nitrogen and oxygen atoms in total. The van der Waals surface area contributed by atoms with Crippen LogP contribution >= 0.6 is 11.6 Å². The van der Waals surface area contributed by atoms with Gasteiger partial charge in [-0.1, -0.05) is 23.7 Å². The number of likely N-dealkylation sites (tertiary alicyclic amines) is 1. The number of Topliss-reactive ketones (excluding diaryl/α,β-unsaturated/α-hetero) is 1. The summed E-state index contributed by atoms with van der Waals surface area (Å²) in [6.07, 6.45) is 0.683. The van der Waals surface area contributed by atoms with Crippen LogP contribution < -0.4 is 0 Å². The van der Waals surface area contributed by atoms with E-state index in [0.717, 1.165) is 19.6 Å². The van der Waals surface area contributed by atoms with Gasteiger partial charge in [0.1, 0.15) is 11.5 Å². The number of rotatable bonds is 6. The van der Waals surface area contributed by atoms with Crippen molar-refractivity contribution in [1.82, 2.24) is 9.80 Å². The number of nitrogens with zero attached hydrogens (tertiary/aromatic N) is 2. The minimum absolute atomic E-state index is 0.0365. The molecule has 0 saturated carbocycles. The fraction of sp³-hybridized carbons (Fsp3) is 0.333. The summed E-state index contributed by atoms with van der Waals surface area (Å²) in [5.74, 6) is -1.52. The normalized spacial score (nSPS) is 21.3. The number of ketones is 1. The van der Waals surface area contributed by atoms with E-state index in [1.54, 1.807) is 36.4 Å². The first-order chi connectivity index (χ1) is 15.5. The first kappa shape index (κ1) is 22.3. The Kier molecular flexibility index (Phi) is 6.79. The third kappa shape index (κ3) is 4.65. The molecular weight excluding hydrogens is 432 g/mol. The molecule has 0 aliphatic carbocycles. The quantitative estimate of drug-likeness (QED) is 0.394. The van der Waals surface area contributed by atoms with Gasteiger partial charge in [-0.05, 0) is 48.4 Å². The van der Waals surface area contributed by atoms with Gasteiger partial charge >= 0.3 is 0 Å². The molecule has 2 aliphatic heterocycles. The van der Waals surface area contributed by atoms with Gasteiger partial charge in [-0.25, -0.2) is 0 Å². The lowest BCUT2D eigenvalue weighted by Gasteiger charge is -2.29. The standard InChI is InChI=1S/C24H25ClN2O5/c25-18-6-2-17(3-7-18)22(29)20-21(16-4-8-19(28)9-5-16)27(24(31)23(20)30)11-1-10-26-12-14-32-15-13-26/h2-9,21,28-29H,1,10-15H2/b22-20+. The molecule has 1 atom stereocenters. The molecule has 2 heterocycles. The second-order valence-corrected chi connectivity index (χ2v) is 8.33. The molecule has 1 unspecified atom stereocenters. The van der Waals surface area contributed by atoms with Crippen LogP contribution in [0.5, 0.6) is 5.75 Å². The van der Waals surface area contributed by atoms with Gasteiger partial charge in [-0.3, -0.25) is 14.5 Å². The molecule has 0 spiro atoms. The van der Waals surface area contributed by atoms with Crippen molar-refractivity contribution in [2.24, 2.45) is 0 Å². The average molecular weight is 457 g/mol. The zero-order valence-electron chi connectivity index (χ0n) is 17.5. The van der Waals surface area contributed by atoms with Crippen LogP contribution in [-0.4, -0.2) is 71.1 Å². The van der Waals surface area contributed by atoms with Crippen LogP contribution in [0, 0.1) is 0 Å². The monoisotopic (exact) mass is 456 g/mol. The van der Waals surface area contributed by atoms with E-state index >= 15 is 0 Å². The summed E-state index contributed by atoms with van der Waals surface area (Å²) in [5.41, 5.74) is 1.09. The average Bonchev–Trinajstić information content (AvgIpc) is 3.05. The van der Waals surface area contributed by atoms with Crippen molar-refractivity contribution >= 4 is 29.1 Å². The van der Waals surface area contributed by atoms with Crippen molar-refractivity contribution in [1.29, 1.82) is 0 Å². The number of carbonyl (C=O) groups excluding carboxylic acids is 2. The Morgan fingerprint density at radius 3 is 2.31 bits per heavy atom. The summed E-state index contributed by atoms with van der Waals surface area (Å²) in [7, 11) is 0. The van der Waals surface area contributed by atoms with E-state index in [1.165, 1.54) is 17.0 Å². The van der Waals surface area contributed by atoms with Gasteiger partial charge in [-0.2, -0.15) is 0 Å². The van der Waals surface area contributed by atoms with E-state index in [1.807, 2.05) is 0 Å². The van der Waals surface area contributed by atoms with Crippen molar-refractivity contribution in [3.05, 3.63) is 70.3 Å². The van der Waals surface area contributed by atoms with Crippen molar-refractivity contribution in [3.63, 3.8) is 0 Å². The number of aliphatic hydroxyl groups is 1. The van der Waals surface area contributed by atoms with Gasteiger partial charge in [0.15, 0.2) is 0 Å². The zero-order chi connectivity index (χ0) is 22.7. The van der Waals surface area contributed by atoms with Gasteiger partial charge in [0.05, 0.1) is 24.8 Å². The van der Waals surface area contributed by atoms with E-state index in [4.69, 9.17) is 16.3 Å². The summed E-state index contributed by atoms with van der Waals surface area (Å²) in [4.78, 5) is 29.7. The Hall–Kier alpha value is -2.87. The van der Waals surface area contributed by atoms with Crippen LogP contribution in [0.2, 0.25) is 5.02 Å². The maximum atomic E-state index is 13.0. The van der Waals surface area contributed by atoms with E-state index in [9.17, 15) is 19.8 Å². The third-order valence-corrected chi connectivity index (χ3v) is 6.10. The first-order valence-corrected chi connectivity index (χ1v) is 11.0. The Bertz CT molecular complexity index is 1010. The number of phenols is 1. The lowest BCUT2D eigenvalue weighted by Crippen LogP contribution is -2.38. The van der Waals surface area contributed by atoms with Crippen LogP contribution in [0.25, 0.3) is 5.76 Å². The summed E-state index contributed by atoms with van der Waals surface area (Å²) in [6, 6.07) is 12.0. The maximum absolute atomic E-state index is 13.0. The predicted octanol–water partition coefficient (Wildman–Crippen LogP) is 3.19. The second kappa shape index (κ2) is 9.73. The highest BCUT2D eigenvalue weighted by Gasteiger charge is 2.45. The summed E-state index contributed by atoms with van der Waals surface area (Å²) in [6.45, 7) is 4.22. The van der Waals surface area contributed by atoms with Gasteiger partial charge in [0.25, 0.3) is 11.7 Å². The smallest absolute Gasteiger partial charge is 0.295 e. The number of morpholine rings is 1. The highest BCUT2D eigenvalue weighted by atomic mass is 35.5. The van der Waals surface area contributed by atoms with Gasteiger partial charge in [0, 0.05) is 36.8 Å². The van der Waals surface area contributed by atoms with Crippen molar-refractivity contribution < 1.29 is 24.5 Å². The molecule has 2 saturated heterocycles. The number of hydrogen-bond donors (Lipinski definition) is 2. The van der Waals surface area contributed by atoms with Gasteiger partial charge in [0.2, 0.25) is 0 Å². The highest BCUT2D eigenvalue weighted by molar-refractivity contribution is 6.46. The SMILES string of the molecule is O=C1C(=O)N(CCCN2CCOCC2)C(c2ccc(O)cc2)/C1=C(\O)c1ccc(Cl)cc1.